The first kappa shape index (κ1) is 18.6. The second kappa shape index (κ2) is 7.45. The normalized spacial score (nSPS) is 26.2. The molecule has 5 rings (SSSR count). The van der Waals surface area contributed by atoms with Gasteiger partial charge in [0, 0.05) is 12.7 Å². The Kier molecular flexibility index (Phi) is 4.78. The number of aromatic nitrogens is 5. The fourth-order valence-electron chi connectivity index (χ4n) is 3.65. The number of halogens is 1. The van der Waals surface area contributed by atoms with E-state index in [0.717, 1.165) is 12.2 Å². The monoisotopic (exact) mass is 420 g/mol. The van der Waals surface area contributed by atoms with Crippen LogP contribution in [0.2, 0.25) is 5.02 Å². The van der Waals surface area contributed by atoms with Crippen molar-refractivity contribution in [2.45, 2.75) is 38.5 Å². The topological polar surface area (TPSA) is 119 Å². The van der Waals surface area contributed by atoms with Gasteiger partial charge >= 0.3 is 0 Å². The van der Waals surface area contributed by atoms with E-state index in [1.165, 1.54) is 0 Å². The largest absolute Gasteiger partial charge is 0.458 e. The molecule has 2 fully saturated rings. The van der Waals surface area contributed by atoms with E-state index >= 15 is 0 Å². The Morgan fingerprint density at radius 3 is 3.10 bits per heavy atom. The Balaban J connectivity index is 1.30. The first-order valence-electron chi connectivity index (χ1n) is 9.51. The van der Waals surface area contributed by atoms with Crippen LogP contribution in [0.25, 0.3) is 11.2 Å². The molecule has 0 radical (unpaired) electrons. The lowest BCUT2D eigenvalue weighted by atomic mass is 10.0. The van der Waals surface area contributed by atoms with Crippen LogP contribution in [0.15, 0.2) is 18.3 Å². The Labute approximate surface area is 171 Å². The van der Waals surface area contributed by atoms with E-state index < -0.39 is 6.29 Å². The number of aromatic amines is 1. The van der Waals surface area contributed by atoms with Crippen LogP contribution < -0.4 is 10.1 Å². The van der Waals surface area contributed by atoms with Crippen molar-refractivity contribution in [1.29, 1.82) is 0 Å². The fraction of sp³-hybridized carbons (Fsp3) is 0.500. The van der Waals surface area contributed by atoms with E-state index in [1.54, 1.807) is 6.07 Å². The average Bonchev–Trinajstić information content (AvgIpc) is 3.47. The molecule has 0 saturated carbocycles. The molecular formula is C18H21ClN6O4. The third-order valence-electron chi connectivity index (χ3n) is 5.22. The number of anilines is 1. The molecule has 0 aromatic carbocycles. The lowest BCUT2D eigenvalue weighted by Gasteiger charge is -2.14. The SMILES string of the molecule is CCn1ccc(CNc2nc3nc(O[C@@H]4CO[C@H]5[C@@H]4CO[C@H]5O)[nH]c3cc2Cl)n1. The Hall–Kier alpha value is -2.40. The van der Waals surface area contributed by atoms with Crippen molar-refractivity contribution in [2.24, 2.45) is 5.92 Å². The maximum Gasteiger partial charge on any atom is 0.296 e. The summed E-state index contributed by atoms with van der Waals surface area (Å²) in [5.41, 5.74) is 2.06. The van der Waals surface area contributed by atoms with Crippen molar-refractivity contribution in [3.8, 4) is 6.01 Å². The van der Waals surface area contributed by atoms with Crippen molar-refractivity contribution < 1.29 is 19.3 Å². The van der Waals surface area contributed by atoms with E-state index in [-0.39, 0.29) is 18.1 Å². The van der Waals surface area contributed by atoms with Gasteiger partial charge in [-0.15, -0.1) is 0 Å². The predicted octanol–water partition coefficient (Wildman–Crippen LogP) is 1.55. The molecule has 0 spiro atoms. The number of ether oxygens (including phenoxy) is 3. The number of nitrogens with zero attached hydrogens (tertiary/aromatic N) is 4. The van der Waals surface area contributed by atoms with Crippen LogP contribution in [0.1, 0.15) is 12.6 Å². The van der Waals surface area contributed by atoms with Crippen molar-refractivity contribution in [1.82, 2.24) is 24.7 Å². The zero-order chi connectivity index (χ0) is 20.0. The average molecular weight is 421 g/mol. The Morgan fingerprint density at radius 2 is 2.28 bits per heavy atom. The lowest BCUT2D eigenvalue weighted by molar-refractivity contribution is -0.123. The first-order chi connectivity index (χ1) is 14.1. The van der Waals surface area contributed by atoms with Crippen LogP contribution in [-0.2, 0) is 22.6 Å². The maximum atomic E-state index is 9.74. The minimum absolute atomic E-state index is 0.0325. The highest BCUT2D eigenvalue weighted by atomic mass is 35.5. The quantitative estimate of drug-likeness (QED) is 0.549. The summed E-state index contributed by atoms with van der Waals surface area (Å²) < 4.78 is 18.6. The third-order valence-corrected chi connectivity index (χ3v) is 5.51. The van der Waals surface area contributed by atoms with Gasteiger partial charge in [0.15, 0.2) is 11.9 Å². The molecule has 3 N–H and O–H groups in total. The molecule has 29 heavy (non-hydrogen) atoms. The summed E-state index contributed by atoms with van der Waals surface area (Å²) in [7, 11) is 0. The highest BCUT2D eigenvalue weighted by Gasteiger charge is 2.48. The number of aryl methyl sites for hydroxylation is 1. The van der Waals surface area contributed by atoms with E-state index in [2.05, 4.69) is 25.4 Å². The highest BCUT2D eigenvalue weighted by molar-refractivity contribution is 6.33. The van der Waals surface area contributed by atoms with E-state index in [4.69, 9.17) is 25.8 Å². The van der Waals surface area contributed by atoms with E-state index in [9.17, 15) is 5.11 Å². The molecule has 0 unspecified atom stereocenters. The number of nitrogens with one attached hydrogen (secondary N) is 2. The van der Waals surface area contributed by atoms with Gasteiger partial charge in [-0.1, -0.05) is 11.6 Å². The zero-order valence-electron chi connectivity index (χ0n) is 15.7. The molecule has 11 heteroatoms. The smallest absolute Gasteiger partial charge is 0.296 e. The molecule has 2 aliphatic rings. The molecule has 0 bridgehead atoms. The van der Waals surface area contributed by atoms with Gasteiger partial charge < -0.3 is 29.6 Å². The summed E-state index contributed by atoms with van der Waals surface area (Å²) in [6.07, 6.45) is 0.420. The van der Waals surface area contributed by atoms with Crippen LogP contribution in [0.4, 0.5) is 5.82 Å². The first-order valence-corrected chi connectivity index (χ1v) is 9.89. The molecule has 0 aliphatic carbocycles. The summed E-state index contributed by atoms with van der Waals surface area (Å²) in [4.78, 5) is 12.0. The minimum atomic E-state index is -0.901. The fourth-order valence-corrected chi connectivity index (χ4v) is 3.87. The minimum Gasteiger partial charge on any atom is -0.458 e. The summed E-state index contributed by atoms with van der Waals surface area (Å²) in [6.45, 7) is 4.12. The molecule has 10 nitrogen and oxygen atoms in total. The highest BCUT2D eigenvalue weighted by Crippen LogP contribution is 2.33. The second-order valence-corrected chi connectivity index (χ2v) is 7.50. The Bertz CT molecular complexity index is 1020. The lowest BCUT2D eigenvalue weighted by Crippen LogP contribution is -2.30. The van der Waals surface area contributed by atoms with Crippen LogP contribution in [0.5, 0.6) is 6.01 Å². The number of aliphatic hydroxyl groups excluding tert-OH is 1. The number of aliphatic hydroxyl groups is 1. The molecule has 4 atom stereocenters. The molecular weight excluding hydrogens is 400 g/mol. The molecule has 2 aliphatic heterocycles. The summed E-state index contributed by atoms with van der Waals surface area (Å²) in [6, 6.07) is 4.04. The molecule has 3 aromatic heterocycles. The van der Waals surface area contributed by atoms with Crippen LogP contribution >= 0.6 is 11.6 Å². The molecule has 0 amide bonds. The van der Waals surface area contributed by atoms with Crippen molar-refractivity contribution in [3.63, 3.8) is 0 Å². The summed E-state index contributed by atoms with van der Waals surface area (Å²) >= 11 is 6.37. The van der Waals surface area contributed by atoms with Gasteiger partial charge in [-0.25, -0.2) is 4.98 Å². The number of hydrogen-bond acceptors (Lipinski definition) is 8. The van der Waals surface area contributed by atoms with Gasteiger partial charge in [-0.3, -0.25) is 4.68 Å². The number of hydrogen-bond donors (Lipinski definition) is 3. The Morgan fingerprint density at radius 1 is 1.38 bits per heavy atom. The standard InChI is InChI=1S/C18H21ClN6O4/c1-2-25-4-3-9(24-25)6-20-15-11(19)5-12-16(22-15)23-18(21-12)29-13-8-27-14-10(13)7-28-17(14)26/h3-5,10,13-14,17,26H,2,6-8H2,1H3,(H2,20,21,22,23)/t10-,13-,14+,17-/m1/s1. The molecule has 2 saturated heterocycles. The van der Waals surface area contributed by atoms with Crippen molar-refractivity contribution in [2.75, 3.05) is 18.5 Å². The number of imidazole rings is 1. The summed E-state index contributed by atoms with van der Waals surface area (Å²) in [5.74, 6) is 0.495. The van der Waals surface area contributed by atoms with Gasteiger partial charge in [0.1, 0.15) is 18.0 Å². The zero-order valence-corrected chi connectivity index (χ0v) is 16.5. The summed E-state index contributed by atoms with van der Waals surface area (Å²) in [5, 5.41) is 17.8. The van der Waals surface area contributed by atoms with Crippen LogP contribution in [0.3, 0.4) is 0 Å². The third kappa shape index (κ3) is 3.52. The van der Waals surface area contributed by atoms with Crippen molar-refractivity contribution >= 4 is 28.6 Å². The van der Waals surface area contributed by atoms with Gasteiger partial charge in [-0.05, 0) is 19.1 Å². The number of H-pyrrole nitrogens is 1. The van der Waals surface area contributed by atoms with Crippen LogP contribution in [-0.4, -0.2) is 61.6 Å². The second-order valence-electron chi connectivity index (χ2n) is 7.09. The maximum absolute atomic E-state index is 9.74. The van der Waals surface area contributed by atoms with Gasteiger partial charge in [0.05, 0.1) is 41.9 Å². The van der Waals surface area contributed by atoms with Gasteiger partial charge in [0.25, 0.3) is 6.01 Å². The van der Waals surface area contributed by atoms with Gasteiger partial charge in [0.2, 0.25) is 0 Å². The van der Waals surface area contributed by atoms with Gasteiger partial charge in [-0.2, -0.15) is 10.1 Å². The molecule has 3 aromatic rings. The number of pyridine rings is 1. The van der Waals surface area contributed by atoms with Crippen molar-refractivity contribution in [3.05, 3.63) is 29.0 Å². The number of rotatable bonds is 6. The molecule has 5 heterocycles. The van der Waals surface area contributed by atoms with Crippen LogP contribution in [0, 0.1) is 5.92 Å². The predicted molar refractivity (Wildman–Crippen MR) is 104 cm³/mol. The molecule has 154 valence electrons. The van der Waals surface area contributed by atoms with E-state index in [0.29, 0.717) is 47.8 Å². The van der Waals surface area contributed by atoms with E-state index in [1.807, 2.05) is 23.9 Å². The number of fused-ring (bicyclic) bond motifs is 2.